The molecule has 1 aromatic carbocycles. The minimum absolute atomic E-state index is 0.298. The van der Waals surface area contributed by atoms with E-state index >= 15 is 0 Å². The fourth-order valence-electron chi connectivity index (χ4n) is 4.60. The lowest BCUT2D eigenvalue weighted by molar-refractivity contribution is 0.172. The number of rotatable bonds is 3. The Morgan fingerprint density at radius 1 is 1.03 bits per heavy atom. The van der Waals surface area contributed by atoms with Crippen LogP contribution in [0.3, 0.4) is 0 Å². The van der Waals surface area contributed by atoms with E-state index in [0.29, 0.717) is 19.5 Å². The number of benzene rings is 1. The number of hydrogen-bond acceptors (Lipinski definition) is 4. The van der Waals surface area contributed by atoms with Crippen molar-refractivity contribution < 1.29 is 4.39 Å². The molecule has 2 atom stereocenters. The highest BCUT2D eigenvalue weighted by Gasteiger charge is 2.29. The van der Waals surface area contributed by atoms with Crippen LogP contribution >= 0.6 is 0 Å². The summed E-state index contributed by atoms with van der Waals surface area (Å²) in [6.07, 6.45) is 7.90. The molecule has 1 fully saturated rings. The molecule has 6 rings (SSSR count). The molecule has 0 amide bonds. The van der Waals surface area contributed by atoms with Gasteiger partial charge >= 0.3 is 0 Å². The molecule has 0 radical (unpaired) electrons. The Labute approximate surface area is 173 Å². The molecule has 30 heavy (non-hydrogen) atoms. The van der Waals surface area contributed by atoms with Crippen LogP contribution in [-0.2, 0) is 6.42 Å². The second-order valence-corrected chi connectivity index (χ2v) is 8.00. The quantitative estimate of drug-likeness (QED) is 0.484. The third-order valence-electron chi connectivity index (χ3n) is 6.18. The number of piperidine rings is 1. The highest BCUT2D eigenvalue weighted by molar-refractivity contribution is 5.83. The zero-order valence-corrected chi connectivity index (χ0v) is 16.3. The number of fused-ring (bicyclic) bond motifs is 3. The molecule has 1 aliphatic carbocycles. The Morgan fingerprint density at radius 2 is 1.93 bits per heavy atom. The van der Waals surface area contributed by atoms with E-state index < -0.39 is 6.17 Å². The average Bonchev–Trinajstić information content (AvgIpc) is 3.49. The fourth-order valence-corrected chi connectivity index (χ4v) is 4.60. The molecule has 150 valence electrons. The molecule has 2 aliphatic rings. The molecular formula is C23H21FN6. The normalized spacial score (nSPS) is 20.2. The molecule has 1 aliphatic heterocycles. The standard InChI is InChI=1S/C23H21FN6/c24-20-5-8-26-12-21(20)30-13-19(23(29-30)14-3-6-25-7-4-14)15-1-2-18-16(9-15)10-17-11-27-28-22(17)18/h1-4,6-7,9,11,13,20-21,26H,5,8,10,12H2,(H,27,28)/t20-,21+/m0/s1. The predicted molar refractivity (Wildman–Crippen MR) is 113 cm³/mol. The van der Waals surface area contributed by atoms with Crippen molar-refractivity contribution in [2.75, 3.05) is 13.1 Å². The Balaban J connectivity index is 1.47. The van der Waals surface area contributed by atoms with Crippen molar-refractivity contribution in [3.05, 3.63) is 66.2 Å². The Morgan fingerprint density at radius 3 is 2.80 bits per heavy atom. The molecule has 0 unspecified atom stereocenters. The number of aromatic amines is 1. The molecule has 0 spiro atoms. The summed E-state index contributed by atoms with van der Waals surface area (Å²) in [6.45, 7) is 1.30. The fraction of sp³-hybridized carbons (Fsp3) is 0.261. The number of nitrogens with one attached hydrogen (secondary N) is 2. The van der Waals surface area contributed by atoms with Gasteiger partial charge in [0.05, 0.1) is 17.9 Å². The predicted octanol–water partition coefficient (Wildman–Crippen LogP) is 3.78. The monoisotopic (exact) mass is 400 g/mol. The van der Waals surface area contributed by atoms with E-state index in [0.717, 1.165) is 34.5 Å². The summed E-state index contributed by atoms with van der Waals surface area (Å²) >= 11 is 0. The van der Waals surface area contributed by atoms with Crippen molar-refractivity contribution >= 4 is 0 Å². The highest BCUT2D eigenvalue weighted by Crippen LogP contribution is 2.39. The van der Waals surface area contributed by atoms with Crippen molar-refractivity contribution in [3.63, 3.8) is 0 Å². The second kappa shape index (κ2) is 6.88. The van der Waals surface area contributed by atoms with Crippen molar-refractivity contribution in [3.8, 4) is 33.6 Å². The van der Waals surface area contributed by atoms with Gasteiger partial charge < -0.3 is 5.32 Å². The van der Waals surface area contributed by atoms with Crippen LogP contribution in [0, 0.1) is 0 Å². The smallest absolute Gasteiger partial charge is 0.125 e. The lowest BCUT2D eigenvalue weighted by Gasteiger charge is -2.26. The summed E-state index contributed by atoms with van der Waals surface area (Å²) in [5.74, 6) is 0. The molecule has 0 saturated carbocycles. The lowest BCUT2D eigenvalue weighted by atomic mass is 9.98. The lowest BCUT2D eigenvalue weighted by Crippen LogP contribution is -2.39. The van der Waals surface area contributed by atoms with Gasteiger partial charge in [0.2, 0.25) is 0 Å². The van der Waals surface area contributed by atoms with Crippen LogP contribution in [0.2, 0.25) is 0 Å². The Bertz CT molecular complexity index is 1210. The maximum Gasteiger partial charge on any atom is 0.125 e. The van der Waals surface area contributed by atoms with Gasteiger partial charge in [-0.15, -0.1) is 0 Å². The van der Waals surface area contributed by atoms with Gasteiger partial charge in [0.1, 0.15) is 11.9 Å². The largest absolute Gasteiger partial charge is 0.314 e. The first kappa shape index (κ1) is 17.5. The van der Waals surface area contributed by atoms with Crippen LogP contribution in [0.4, 0.5) is 4.39 Å². The van der Waals surface area contributed by atoms with Crippen LogP contribution in [0.5, 0.6) is 0 Å². The Kier molecular flexibility index (Phi) is 4.02. The van der Waals surface area contributed by atoms with E-state index in [1.165, 1.54) is 16.7 Å². The summed E-state index contributed by atoms with van der Waals surface area (Å²) < 4.78 is 16.5. The molecule has 6 nitrogen and oxygen atoms in total. The first-order valence-corrected chi connectivity index (χ1v) is 10.3. The van der Waals surface area contributed by atoms with E-state index in [-0.39, 0.29) is 6.04 Å². The molecule has 2 N–H and O–H groups in total. The zero-order valence-electron chi connectivity index (χ0n) is 16.3. The van der Waals surface area contributed by atoms with Crippen molar-refractivity contribution in [1.82, 2.24) is 30.3 Å². The number of nitrogens with zero attached hydrogens (tertiary/aromatic N) is 4. The van der Waals surface area contributed by atoms with E-state index in [2.05, 4.69) is 38.7 Å². The van der Waals surface area contributed by atoms with Gasteiger partial charge in [0.15, 0.2) is 0 Å². The van der Waals surface area contributed by atoms with E-state index in [1.54, 1.807) is 12.4 Å². The molecule has 7 heteroatoms. The van der Waals surface area contributed by atoms with Gasteiger partial charge in [-0.1, -0.05) is 18.2 Å². The minimum atomic E-state index is -0.901. The molecule has 4 heterocycles. The second-order valence-electron chi connectivity index (χ2n) is 8.00. The number of halogens is 1. The number of aromatic nitrogens is 5. The summed E-state index contributed by atoms with van der Waals surface area (Å²) in [5.41, 5.74) is 8.73. The van der Waals surface area contributed by atoms with Crippen LogP contribution in [0.15, 0.2) is 55.1 Å². The highest BCUT2D eigenvalue weighted by atomic mass is 19.1. The topological polar surface area (TPSA) is 71.4 Å². The number of pyridine rings is 1. The summed E-state index contributed by atoms with van der Waals surface area (Å²) in [7, 11) is 0. The Hall–Kier alpha value is -3.32. The molecule has 4 aromatic rings. The van der Waals surface area contributed by atoms with Gasteiger partial charge in [0, 0.05) is 53.8 Å². The van der Waals surface area contributed by atoms with E-state index in [9.17, 15) is 4.39 Å². The third kappa shape index (κ3) is 2.77. The molecular weight excluding hydrogens is 379 g/mol. The van der Waals surface area contributed by atoms with Gasteiger partial charge in [-0.05, 0) is 36.2 Å². The van der Waals surface area contributed by atoms with Crippen LogP contribution in [0.1, 0.15) is 23.6 Å². The molecule has 1 saturated heterocycles. The number of hydrogen-bond donors (Lipinski definition) is 2. The number of alkyl halides is 1. The van der Waals surface area contributed by atoms with Gasteiger partial charge in [0.25, 0.3) is 0 Å². The van der Waals surface area contributed by atoms with Crippen molar-refractivity contribution in [2.24, 2.45) is 0 Å². The van der Waals surface area contributed by atoms with Gasteiger partial charge in [-0.25, -0.2) is 4.39 Å². The summed E-state index contributed by atoms with van der Waals surface area (Å²) in [6, 6.07) is 10.1. The van der Waals surface area contributed by atoms with Gasteiger partial charge in [-0.3, -0.25) is 14.8 Å². The van der Waals surface area contributed by atoms with E-state index in [4.69, 9.17) is 5.10 Å². The summed E-state index contributed by atoms with van der Waals surface area (Å²) in [4.78, 5) is 4.13. The third-order valence-corrected chi connectivity index (χ3v) is 6.18. The maximum absolute atomic E-state index is 14.7. The van der Waals surface area contributed by atoms with Gasteiger partial charge in [-0.2, -0.15) is 10.2 Å². The first-order valence-electron chi connectivity index (χ1n) is 10.3. The zero-order chi connectivity index (χ0) is 20.1. The summed E-state index contributed by atoms with van der Waals surface area (Å²) in [5, 5.41) is 15.4. The van der Waals surface area contributed by atoms with Crippen LogP contribution < -0.4 is 5.32 Å². The van der Waals surface area contributed by atoms with Crippen molar-refractivity contribution in [1.29, 1.82) is 0 Å². The van der Waals surface area contributed by atoms with E-state index in [1.807, 2.05) is 29.2 Å². The maximum atomic E-state index is 14.7. The average molecular weight is 400 g/mol. The molecule has 0 bridgehead atoms. The number of H-pyrrole nitrogens is 1. The SMILES string of the molecule is F[C@H]1CCNC[C@H]1n1cc(-c2ccc3c(c2)Cc2cn[nH]c2-3)c(-c2ccncc2)n1. The first-order chi connectivity index (χ1) is 14.8. The van der Waals surface area contributed by atoms with Crippen LogP contribution in [-0.4, -0.2) is 44.2 Å². The minimum Gasteiger partial charge on any atom is -0.314 e. The van der Waals surface area contributed by atoms with Crippen LogP contribution in [0.25, 0.3) is 33.6 Å². The van der Waals surface area contributed by atoms with Crippen molar-refractivity contribution in [2.45, 2.75) is 25.1 Å². The molecule has 3 aromatic heterocycles.